The third-order valence-electron chi connectivity index (χ3n) is 3.28. The highest BCUT2D eigenvalue weighted by Crippen LogP contribution is 2.32. The van der Waals surface area contributed by atoms with Gasteiger partial charge in [0.1, 0.15) is 5.82 Å². The van der Waals surface area contributed by atoms with Crippen molar-refractivity contribution in [2.24, 2.45) is 0 Å². The second-order valence-corrected chi connectivity index (χ2v) is 5.90. The van der Waals surface area contributed by atoms with E-state index >= 15 is 0 Å². The molecular weight excluding hydrogens is 374 g/mol. The number of benzene rings is 2. The van der Waals surface area contributed by atoms with E-state index < -0.39 is 28.6 Å². The molecule has 0 fully saturated rings. The van der Waals surface area contributed by atoms with E-state index in [1.165, 1.54) is 12.1 Å². The fourth-order valence-electron chi connectivity index (χ4n) is 2.01. The van der Waals surface area contributed by atoms with Crippen LogP contribution >= 0.6 is 0 Å². The van der Waals surface area contributed by atoms with E-state index in [1.807, 2.05) is 0 Å². The van der Waals surface area contributed by atoms with Gasteiger partial charge < -0.3 is 15.3 Å². The van der Waals surface area contributed by atoms with Gasteiger partial charge in [-0.1, -0.05) is 6.07 Å². The molecule has 0 radical (unpaired) electrons. The summed E-state index contributed by atoms with van der Waals surface area (Å²) in [6.07, 6.45) is -3.27. The van der Waals surface area contributed by atoms with Crippen LogP contribution in [0.1, 0.15) is 11.1 Å². The van der Waals surface area contributed by atoms with E-state index in [9.17, 15) is 26.3 Å². The van der Waals surface area contributed by atoms with Crippen LogP contribution in [-0.4, -0.2) is 13.7 Å². The van der Waals surface area contributed by atoms with Gasteiger partial charge in [0, 0.05) is 17.1 Å². The lowest BCUT2D eigenvalue weighted by Gasteiger charge is -2.07. The molecule has 0 amide bonds. The molecule has 1 unspecified atom stereocenters. The number of nitrogens with zero attached hydrogens (tertiary/aromatic N) is 1. The van der Waals surface area contributed by atoms with Crippen LogP contribution in [-0.2, 0) is 17.3 Å². The Morgan fingerprint density at radius 2 is 1.88 bits per heavy atom. The van der Waals surface area contributed by atoms with Crippen molar-refractivity contribution in [3.8, 4) is 6.07 Å². The Morgan fingerprint density at radius 1 is 1.19 bits per heavy atom. The van der Waals surface area contributed by atoms with Crippen LogP contribution in [0.3, 0.4) is 0 Å². The molecule has 0 saturated heterocycles. The van der Waals surface area contributed by atoms with E-state index in [1.54, 1.807) is 6.07 Å². The molecule has 0 aliphatic heterocycles. The predicted molar refractivity (Wildman–Crippen MR) is 86.0 cm³/mol. The molecule has 0 aliphatic carbocycles. The third-order valence-corrected chi connectivity index (χ3v) is 3.98. The van der Waals surface area contributed by atoms with Crippen LogP contribution in [0, 0.1) is 17.1 Å². The van der Waals surface area contributed by atoms with Crippen LogP contribution in [0.2, 0.25) is 0 Å². The molecule has 1 heterocycles. The first-order chi connectivity index (χ1) is 12.1. The van der Waals surface area contributed by atoms with E-state index in [2.05, 4.69) is 4.98 Å². The van der Waals surface area contributed by atoms with Crippen LogP contribution in [0.15, 0.2) is 47.5 Å². The minimum Gasteiger partial charge on any atom is -0.768 e. The van der Waals surface area contributed by atoms with Gasteiger partial charge in [-0.25, -0.2) is 4.39 Å². The number of anilines is 1. The Balaban J connectivity index is 0.000000209. The fraction of sp³-hybridized carbons (Fsp3) is 0.0625. The van der Waals surface area contributed by atoms with E-state index in [-0.39, 0.29) is 27.0 Å². The smallest absolute Gasteiger partial charge is 0.416 e. The summed E-state index contributed by atoms with van der Waals surface area (Å²) in [7, 11) is 0. The van der Waals surface area contributed by atoms with Crippen LogP contribution in [0.5, 0.6) is 0 Å². The minimum atomic E-state index is -4.43. The first-order valence-electron chi connectivity index (χ1n) is 6.86. The molecule has 3 aromatic rings. The molecule has 0 saturated carbocycles. The molecule has 1 aromatic heterocycles. The van der Waals surface area contributed by atoms with Crippen molar-refractivity contribution in [3.63, 3.8) is 0 Å². The normalized spacial score (nSPS) is 12.2. The molecule has 0 aliphatic rings. The quantitative estimate of drug-likeness (QED) is 0.379. The topological polar surface area (TPSA) is 106 Å². The lowest BCUT2D eigenvalue weighted by atomic mass is 10.1. The fourth-order valence-corrected chi connectivity index (χ4v) is 2.52. The maximum absolute atomic E-state index is 12.5. The zero-order chi connectivity index (χ0) is 19.5. The highest BCUT2D eigenvalue weighted by molar-refractivity contribution is 7.79. The van der Waals surface area contributed by atoms with E-state index in [4.69, 9.17) is 11.0 Å². The van der Waals surface area contributed by atoms with Gasteiger partial charge in [-0.05, 0) is 41.4 Å². The Morgan fingerprint density at radius 3 is 2.42 bits per heavy atom. The number of nitriles is 1. The SMILES string of the molecule is N#Cc1ccc(N)c(F)c1.O=S([O-])c1c[nH]c2cc(C(F)(F)F)ccc12. The summed E-state index contributed by atoms with van der Waals surface area (Å²) >= 11 is -2.46. The van der Waals surface area contributed by atoms with Crippen LogP contribution < -0.4 is 5.73 Å². The van der Waals surface area contributed by atoms with Crippen molar-refractivity contribution in [3.05, 3.63) is 59.5 Å². The summed E-state index contributed by atoms with van der Waals surface area (Å²) in [6, 6.07) is 8.62. The number of halogens is 4. The summed E-state index contributed by atoms with van der Waals surface area (Å²) in [4.78, 5) is 2.45. The third kappa shape index (κ3) is 4.38. The Bertz CT molecular complexity index is 1010. The van der Waals surface area contributed by atoms with Gasteiger partial charge in [-0.3, -0.25) is 4.21 Å². The number of H-pyrrole nitrogens is 1. The number of hydrogen-bond donors (Lipinski definition) is 2. The summed E-state index contributed by atoms with van der Waals surface area (Å²) in [5.74, 6) is -0.543. The average Bonchev–Trinajstić information content (AvgIpc) is 3.00. The molecule has 1 atom stereocenters. The molecule has 10 heteroatoms. The molecule has 26 heavy (non-hydrogen) atoms. The first kappa shape index (κ1) is 19.4. The Kier molecular flexibility index (Phi) is 5.64. The lowest BCUT2D eigenvalue weighted by Crippen LogP contribution is -2.04. The van der Waals surface area contributed by atoms with Crippen molar-refractivity contribution in [2.75, 3.05) is 5.73 Å². The van der Waals surface area contributed by atoms with Gasteiger partial charge in [0.05, 0.1) is 27.8 Å². The largest absolute Gasteiger partial charge is 0.768 e. The van der Waals surface area contributed by atoms with Crippen molar-refractivity contribution in [1.29, 1.82) is 5.26 Å². The highest BCUT2D eigenvalue weighted by atomic mass is 32.2. The average molecular weight is 384 g/mol. The van der Waals surface area contributed by atoms with Crippen molar-refractivity contribution in [2.45, 2.75) is 11.1 Å². The Hall–Kier alpha value is -2.90. The molecule has 0 spiro atoms. The minimum absolute atomic E-state index is 0.0382. The number of alkyl halides is 3. The highest BCUT2D eigenvalue weighted by Gasteiger charge is 2.30. The Labute approximate surface area is 147 Å². The number of rotatable bonds is 1. The maximum atomic E-state index is 12.5. The number of fused-ring (bicyclic) bond motifs is 1. The zero-order valence-electron chi connectivity index (χ0n) is 12.8. The maximum Gasteiger partial charge on any atom is 0.416 e. The molecular formula is C16H10F4N3O2S-. The van der Waals surface area contributed by atoms with Crippen molar-refractivity contribution >= 4 is 27.7 Å². The number of aromatic nitrogens is 1. The summed E-state index contributed by atoms with van der Waals surface area (Å²) in [6.45, 7) is 0. The van der Waals surface area contributed by atoms with Gasteiger partial charge in [-0.2, -0.15) is 18.4 Å². The van der Waals surface area contributed by atoms with Gasteiger partial charge in [0.2, 0.25) is 0 Å². The second-order valence-electron chi connectivity index (χ2n) is 4.99. The molecule has 3 rings (SSSR count). The number of nitrogens with one attached hydrogen (secondary N) is 1. The van der Waals surface area contributed by atoms with Crippen molar-refractivity contribution in [1.82, 2.24) is 4.98 Å². The molecule has 136 valence electrons. The van der Waals surface area contributed by atoms with Gasteiger partial charge in [0.15, 0.2) is 0 Å². The van der Waals surface area contributed by atoms with Crippen LogP contribution in [0.4, 0.5) is 23.2 Å². The molecule has 2 aromatic carbocycles. The lowest BCUT2D eigenvalue weighted by molar-refractivity contribution is -0.137. The van der Waals surface area contributed by atoms with E-state index in [0.29, 0.717) is 0 Å². The predicted octanol–water partition coefficient (Wildman–Crippen LogP) is 3.70. The standard InChI is InChI=1S/C9H6F3NO2S.C7H5FN2/c10-9(11,12)5-1-2-6-7(3-5)13-4-8(6)16(14)15;8-6-3-5(4-9)1-2-7(6)10/h1-4,13H,(H,14,15);1-3H,10H2/p-1. The number of nitrogens with two attached hydrogens (primary N) is 1. The second kappa shape index (κ2) is 7.55. The monoisotopic (exact) mass is 384 g/mol. The van der Waals surface area contributed by atoms with Crippen LogP contribution in [0.25, 0.3) is 10.9 Å². The van der Waals surface area contributed by atoms with E-state index in [0.717, 1.165) is 30.5 Å². The molecule has 3 N–H and O–H groups in total. The number of aromatic amines is 1. The van der Waals surface area contributed by atoms with Gasteiger partial charge in [0.25, 0.3) is 0 Å². The first-order valence-corrected chi connectivity index (χ1v) is 7.93. The molecule has 0 bridgehead atoms. The summed E-state index contributed by atoms with van der Waals surface area (Å²) in [5, 5.41) is 8.55. The van der Waals surface area contributed by atoms with Crippen molar-refractivity contribution < 1.29 is 26.3 Å². The van der Waals surface area contributed by atoms with Gasteiger partial charge in [-0.15, -0.1) is 0 Å². The molecule has 5 nitrogen and oxygen atoms in total. The van der Waals surface area contributed by atoms with Gasteiger partial charge >= 0.3 is 6.18 Å². The number of hydrogen-bond acceptors (Lipinski definition) is 4. The zero-order valence-corrected chi connectivity index (χ0v) is 13.6. The summed E-state index contributed by atoms with van der Waals surface area (Å²) in [5.41, 5.74) is 4.84. The summed E-state index contributed by atoms with van der Waals surface area (Å²) < 4.78 is 71.0. The number of nitrogen functional groups attached to an aromatic ring is 1.